The second-order valence-electron chi connectivity index (χ2n) is 4.42. The zero-order valence-electron chi connectivity index (χ0n) is 11.0. The van der Waals surface area contributed by atoms with E-state index in [0.29, 0.717) is 5.76 Å². The van der Waals surface area contributed by atoms with Crippen molar-refractivity contribution in [2.75, 3.05) is 7.11 Å². The Morgan fingerprint density at radius 1 is 1.40 bits per heavy atom. The Hall–Kier alpha value is -2.76. The maximum atomic E-state index is 10.9. The van der Waals surface area contributed by atoms with Crippen molar-refractivity contribution in [3.8, 4) is 17.1 Å². The van der Waals surface area contributed by atoms with E-state index >= 15 is 0 Å². The number of rotatable bonds is 3. The van der Waals surface area contributed by atoms with Gasteiger partial charge in [0.15, 0.2) is 11.5 Å². The maximum absolute atomic E-state index is 10.9. The predicted octanol–water partition coefficient (Wildman–Crippen LogP) is 2.54. The lowest BCUT2D eigenvalue weighted by atomic mass is 10.1. The fourth-order valence-corrected chi connectivity index (χ4v) is 2.19. The van der Waals surface area contributed by atoms with Gasteiger partial charge in [0.05, 0.1) is 12.6 Å². The summed E-state index contributed by atoms with van der Waals surface area (Å²) in [6.45, 7) is 0. The van der Waals surface area contributed by atoms with Crippen LogP contribution in [0.1, 0.15) is 10.5 Å². The van der Waals surface area contributed by atoms with Crippen LogP contribution in [0.4, 0.5) is 0 Å². The lowest BCUT2D eigenvalue weighted by Crippen LogP contribution is -1.94. The zero-order valence-corrected chi connectivity index (χ0v) is 11.0. The topological polar surface area (TPSA) is 77.5 Å². The number of aromatic nitrogens is 2. The summed E-state index contributed by atoms with van der Waals surface area (Å²) in [5.41, 5.74) is 1.66. The molecule has 0 radical (unpaired) electrons. The molecule has 20 heavy (non-hydrogen) atoms. The number of carbonyl (C=O) groups is 1. The number of fused-ring (bicyclic) bond motifs is 1. The molecule has 2 aromatic heterocycles. The summed E-state index contributed by atoms with van der Waals surface area (Å²) in [5.74, 6) is 0.0779. The monoisotopic (exact) mass is 272 g/mol. The van der Waals surface area contributed by atoms with E-state index in [0.717, 1.165) is 22.2 Å². The number of aryl methyl sites for hydroxylation is 1. The summed E-state index contributed by atoms with van der Waals surface area (Å²) < 4.78 is 12.2. The van der Waals surface area contributed by atoms with Gasteiger partial charge in [-0.1, -0.05) is 5.16 Å². The molecule has 1 N–H and O–H groups in total. The van der Waals surface area contributed by atoms with Crippen LogP contribution in [-0.4, -0.2) is 27.9 Å². The van der Waals surface area contributed by atoms with Gasteiger partial charge in [0.2, 0.25) is 0 Å². The highest BCUT2D eigenvalue weighted by Gasteiger charge is 2.16. The average molecular weight is 272 g/mol. The van der Waals surface area contributed by atoms with Crippen LogP contribution in [-0.2, 0) is 7.05 Å². The molecule has 0 aliphatic heterocycles. The van der Waals surface area contributed by atoms with Gasteiger partial charge >= 0.3 is 5.97 Å². The smallest absolute Gasteiger partial charge is 0.358 e. The zero-order chi connectivity index (χ0) is 14.3. The van der Waals surface area contributed by atoms with Gasteiger partial charge in [0, 0.05) is 36.3 Å². The van der Waals surface area contributed by atoms with Crippen molar-refractivity contribution >= 4 is 16.9 Å². The molecule has 0 aliphatic rings. The minimum Gasteiger partial charge on any atom is -0.497 e. The van der Waals surface area contributed by atoms with Crippen LogP contribution in [0, 0.1) is 0 Å². The fourth-order valence-electron chi connectivity index (χ4n) is 2.19. The van der Waals surface area contributed by atoms with Crippen molar-refractivity contribution in [2.45, 2.75) is 0 Å². The van der Waals surface area contributed by atoms with Crippen molar-refractivity contribution in [3.05, 3.63) is 36.2 Å². The van der Waals surface area contributed by atoms with E-state index in [-0.39, 0.29) is 5.69 Å². The molecule has 3 aromatic rings. The number of ether oxygens (including phenoxy) is 1. The SMILES string of the molecule is COc1ccc2c(-c3cc(C(=O)O)no3)cn(C)c2c1. The van der Waals surface area contributed by atoms with Gasteiger partial charge in [-0.3, -0.25) is 0 Å². The summed E-state index contributed by atoms with van der Waals surface area (Å²) in [6.07, 6.45) is 1.87. The number of hydrogen-bond acceptors (Lipinski definition) is 4. The van der Waals surface area contributed by atoms with Gasteiger partial charge in [-0.05, 0) is 12.1 Å². The van der Waals surface area contributed by atoms with E-state index < -0.39 is 5.97 Å². The molecule has 102 valence electrons. The summed E-state index contributed by atoms with van der Waals surface area (Å²) in [6, 6.07) is 7.08. The van der Waals surface area contributed by atoms with Crippen LogP contribution in [0.3, 0.4) is 0 Å². The first kappa shape index (κ1) is 12.3. The summed E-state index contributed by atoms with van der Waals surface area (Å²) >= 11 is 0. The average Bonchev–Trinajstić information content (AvgIpc) is 3.04. The van der Waals surface area contributed by atoms with Gasteiger partial charge in [-0.2, -0.15) is 0 Å². The highest BCUT2D eigenvalue weighted by molar-refractivity contribution is 5.96. The first-order chi connectivity index (χ1) is 9.60. The molecule has 0 saturated heterocycles. The van der Waals surface area contributed by atoms with Gasteiger partial charge in [-0.25, -0.2) is 4.79 Å². The normalized spacial score (nSPS) is 10.9. The summed E-state index contributed by atoms with van der Waals surface area (Å²) in [4.78, 5) is 10.9. The first-order valence-electron chi connectivity index (χ1n) is 5.93. The van der Waals surface area contributed by atoms with Crippen molar-refractivity contribution in [1.82, 2.24) is 9.72 Å². The molecule has 1 aromatic carbocycles. The second-order valence-corrected chi connectivity index (χ2v) is 4.42. The Balaban J connectivity index is 2.18. The Kier molecular flexibility index (Phi) is 2.71. The van der Waals surface area contributed by atoms with Crippen molar-refractivity contribution in [1.29, 1.82) is 0 Å². The van der Waals surface area contributed by atoms with Crippen molar-refractivity contribution in [2.24, 2.45) is 7.05 Å². The minimum absolute atomic E-state index is 0.106. The predicted molar refractivity (Wildman–Crippen MR) is 71.9 cm³/mol. The van der Waals surface area contributed by atoms with Gasteiger partial charge in [0.1, 0.15) is 5.75 Å². The first-order valence-corrected chi connectivity index (χ1v) is 5.93. The van der Waals surface area contributed by atoms with Crippen LogP contribution < -0.4 is 4.74 Å². The molecule has 0 saturated carbocycles. The minimum atomic E-state index is -1.11. The number of nitrogens with zero attached hydrogens (tertiary/aromatic N) is 2. The van der Waals surface area contributed by atoms with Gasteiger partial charge in [0.25, 0.3) is 0 Å². The number of methoxy groups -OCH3 is 1. The van der Waals surface area contributed by atoms with E-state index in [2.05, 4.69) is 5.16 Å². The number of carboxylic acids is 1. The standard InChI is InChI=1S/C14H12N2O4/c1-16-7-10(13-6-11(14(17)18)15-20-13)9-4-3-8(19-2)5-12(9)16/h3-7H,1-2H3,(H,17,18). The molecule has 2 heterocycles. The van der Waals surface area contributed by atoms with E-state index in [1.807, 2.05) is 36.0 Å². The molecule has 0 unspecified atom stereocenters. The molecular weight excluding hydrogens is 260 g/mol. The molecule has 3 rings (SSSR count). The Morgan fingerprint density at radius 2 is 2.20 bits per heavy atom. The van der Waals surface area contributed by atoms with Gasteiger partial charge in [-0.15, -0.1) is 0 Å². The van der Waals surface area contributed by atoms with Crippen molar-refractivity contribution in [3.63, 3.8) is 0 Å². The second kappa shape index (κ2) is 4.41. The largest absolute Gasteiger partial charge is 0.497 e. The molecule has 0 atom stereocenters. The van der Waals surface area contributed by atoms with Crippen LogP contribution in [0.5, 0.6) is 5.75 Å². The molecule has 0 amide bonds. The van der Waals surface area contributed by atoms with Crippen LogP contribution in [0.15, 0.2) is 35.0 Å². The quantitative estimate of drug-likeness (QED) is 0.792. The summed E-state index contributed by atoms with van der Waals surface area (Å²) in [7, 11) is 3.51. The number of hydrogen-bond donors (Lipinski definition) is 1. The molecular formula is C14H12N2O4. The third-order valence-corrected chi connectivity index (χ3v) is 3.19. The highest BCUT2D eigenvalue weighted by atomic mass is 16.5. The molecule has 6 nitrogen and oxygen atoms in total. The van der Waals surface area contributed by atoms with Crippen LogP contribution in [0.25, 0.3) is 22.2 Å². The lowest BCUT2D eigenvalue weighted by molar-refractivity contribution is 0.0686. The Bertz CT molecular complexity index is 801. The maximum Gasteiger partial charge on any atom is 0.358 e. The molecule has 0 aliphatic carbocycles. The third kappa shape index (κ3) is 1.82. The van der Waals surface area contributed by atoms with E-state index in [4.69, 9.17) is 14.4 Å². The van der Waals surface area contributed by atoms with E-state index in [1.165, 1.54) is 6.07 Å². The Morgan fingerprint density at radius 3 is 2.85 bits per heavy atom. The van der Waals surface area contributed by atoms with Gasteiger partial charge < -0.3 is 18.9 Å². The highest BCUT2D eigenvalue weighted by Crippen LogP contribution is 2.32. The number of carboxylic acid groups (broad SMARTS) is 1. The van der Waals surface area contributed by atoms with Crippen LogP contribution in [0.2, 0.25) is 0 Å². The van der Waals surface area contributed by atoms with Crippen molar-refractivity contribution < 1.29 is 19.2 Å². The molecule has 0 fully saturated rings. The summed E-state index contributed by atoms with van der Waals surface area (Å²) in [5, 5.41) is 13.4. The van der Waals surface area contributed by atoms with Crippen LogP contribution >= 0.6 is 0 Å². The van der Waals surface area contributed by atoms with E-state index in [1.54, 1.807) is 7.11 Å². The molecule has 0 spiro atoms. The molecule has 6 heteroatoms. The fraction of sp³-hybridized carbons (Fsp3) is 0.143. The lowest BCUT2D eigenvalue weighted by Gasteiger charge is -2.01. The third-order valence-electron chi connectivity index (χ3n) is 3.19. The number of aromatic carboxylic acids is 1. The number of benzene rings is 1. The molecule has 0 bridgehead atoms. The Labute approximate surface area is 114 Å². The van der Waals surface area contributed by atoms with E-state index in [9.17, 15) is 4.79 Å².